The summed E-state index contributed by atoms with van der Waals surface area (Å²) < 4.78 is 4.70. The second kappa shape index (κ2) is 2.62. The van der Waals surface area contributed by atoms with Crippen molar-refractivity contribution in [3.8, 4) is 0 Å². The van der Waals surface area contributed by atoms with Gasteiger partial charge in [0.1, 0.15) is 18.3 Å². The molecule has 1 heterocycles. The maximum Gasteiger partial charge on any atom is 0.110 e. The molecule has 0 saturated carbocycles. The molecular weight excluding hydrogens is 124 g/mol. The molecule has 1 aliphatic heterocycles. The standard InChI is InChI=1S/C5H10O4/c6-3-1-9-2-4(7)5(3)8/h3-8H,1-2H2/t3-,4?,5?/m1/s1. The summed E-state index contributed by atoms with van der Waals surface area (Å²) in [6, 6.07) is 0. The van der Waals surface area contributed by atoms with Crippen LogP contribution >= 0.6 is 0 Å². The molecule has 1 fully saturated rings. The second-order valence-electron chi connectivity index (χ2n) is 2.16. The van der Waals surface area contributed by atoms with Gasteiger partial charge in [-0.05, 0) is 0 Å². The first-order chi connectivity index (χ1) is 4.22. The summed E-state index contributed by atoms with van der Waals surface area (Å²) in [4.78, 5) is 0. The van der Waals surface area contributed by atoms with Gasteiger partial charge in [0.05, 0.1) is 13.2 Å². The van der Waals surface area contributed by atoms with Gasteiger partial charge in [-0.25, -0.2) is 0 Å². The third-order valence-corrected chi connectivity index (χ3v) is 1.37. The quantitative estimate of drug-likeness (QED) is 0.362. The Morgan fingerprint density at radius 2 is 1.44 bits per heavy atom. The predicted molar refractivity (Wildman–Crippen MR) is 28.8 cm³/mol. The van der Waals surface area contributed by atoms with Crippen molar-refractivity contribution in [3.05, 3.63) is 0 Å². The third kappa shape index (κ3) is 1.40. The van der Waals surface area contributed by atoms with E-state index in [-0.39, 0.29) is 13.2 Å². The molecule has 0 aromatic rings. The van der Waals surface area contributed by atoms with E-state index in [1.54, 1.807) is 0 Å². The van der Waals surface area contributed by atoms with Crippen molar-refractivity contribution < 1.29 is 20.1 Å². The number of hydrogen-bond donors (Lipinski definition) is 3. The summed E-state index contributed by atoms with van der Waals surface area (Å²) in [7, 11) is 0. The number of aliphatic hydroxyl groups excluding tert-OH is 3. The normalized spacial score (nSPS) is 45.0. The van der Waals surface area contributed by atoms with Crippen LogP contribution in [0, 0.1) is 0 Å². The van der Waals surface area contributed by atoms with Gasteiger partial charge in [-0.1, -0.05) is 0 Å². The molecule has 0 amide bonds. The number of ether oxygens (including phenoxy) is 1. The molecule has 0 aliphatic carbocycles. The maximum absolute atomic E-state index is 8.87. The largest absolute Gasteiger partial charge is 0.388 e. The fraction of sp³-hybridized carbons (Fsp3) is 1.00. The molecule has 0 radical (unpaired) electrons. The van der Waals surface area contributed by atoms with Crippen LogP contribution in [-0.4, -0.2) is 46.8 Å². The fourth-order valence-corrected chi connectivity index (χ4v) is 0.763. The Labute approximate surface area is 52.7 Å². The first-order valence-electron chi connectivity index (χ1n) is 2.84. The Balaban J connectivity index is 2.41. The van der Waals surface area contributed by atoms with E-state index in [2.05, 4.69) is 0 Å². The van der Waals surface area contributed by atoms with E-state index in [1.807, 2.05) is 0 Å². The highest BCUT2D eigenvalue weighted by molar-refractivity contribution is 4.78. The molecule has 4 heteroatoms. The molecule has 1 saturated heterocycles. The summed E-state index contributed by atoms with van der Waals surface area (Å²) >= 11 is 0. The lowest BCUT2D eigenvalue weighted by Crippen LogP contribution is -2.47. The smallest absolute Gasteiger partial charge is 0.110 e. The van der Waals surface area contributed by atoms with Crippen LogP contribution in [0.4, 0.5) is 0 Å². The molecule has 9 heavy (non-hydrogen) atoms. The summed E-state index contributed by atoms with van der Waals surface area (Å²) in [5, 5.41) is 26.5. The molecule has 1 rings (SSSR count). The van der Waals surface area contributed by atoms with E-state index >= 15 is 0 Å². The van der Waals surface area contributed by atoms with E-state index in [1.165, 1.54) is 0 Å². The molecule has 54 valence electrons. The van der Waals surface area contributed by atoms with Gasteiger partial charge >= 0.3 is 0 Å². The zero-order chi connectivity index (χ0) is 6.85. The Bertz CT molecular complexity index is 85.0. The van der Waals surface area contributed by atoms with Crippen LogP contribution in [0.25, 0.3) is 0 Å². The van der Waals surface area contributed by atoms with Gasteiger partial charge in [0.25, 0.3) is 0 Å². The average Bonchev–Trinajstić information content (AvgIpc) is 1.83. The van der Waals surface area contributed by atoms with Crippen molar-refractivity contribution >= 4 is 0 Å². The van der Waals surface area contributed by atoms with Gasteiger partial charge in [0.15, 0.2) is 0 Å². The van der Waals surface area contributed by atoms with Crippen molar-refractivity contribution in [2.45, 2.75) is 18.3 Å². The molecule has 0 aromatic heterocycles. The van der Waals surface area contributed by atoms with Crippen LogP contribution in [0.15, 0.2) is 0 Å². The first kappa shape index (κ1) is 6.95. The number of rotatable bonds is 0. The molecule has 0 bridgehead atoms. The first-order valence-corrected chi connectivity index (χ1v) is 2.84. The minimum Gasteiger partial charge on any atom is -0.388 e. The van der Waals surface area contributed by atoms with Gasteiger partial charge in [0, 0.05) is 0 Å². The maximum atomic E-state index is 8.87. The monoisotopic (exact) mass is 134 g/mol. The molecule has 0 aromatic carbocycles. The summed E-state index contributed by atoms with van der Waals surface area (Å²) in [5.74, 6) is 0. The van der Waals surface area contributed by atoms with Crippen LogP contribution in [0.3, 0.4) is 0 Å². The van der Waals surface area contributed by atoms with Crippen molar-refractivity contribution in [1.29, 1.82) is 0 Å². The fourth-order valence-electron chi connectivity index (χ4n) is 0.763. The van der Waals surface area contributed by atoms with Gasteiger partial charge < -0.3 is 20.1 Å². The van der Waals surface area contributed by atoms with Gasteiger partial charge in [-0.3, -0.25) is 0 Å². The summed E-state index contributed by atoms with van der Waals surface area (Å²) in [6.45, 7) is 0.219. The third-order valence-electron chi connectivity index (χ3n) is 1.37. The van der Waals surface area contributed by atoms with Crippen LogP contribution in [0.1, 0.15) is 0 Å². The Morgan fingerprint density at radius 1 is 1.00 bits per heavy atom. The highest BCUT2D eigenvalue weighted by atomic mass is 16.5. The number of aliphatic hydroxyl groups is 3. The van der Waals surface area contributed by atoms with Crippen LogP contribution in [0.2, 0.25) is 0 Å². The molecule has 2 unspecified atom stereocenters. The van der Waals surface area contributed by atoms with Gasteiger partial charge in [-0.2, -0.15) is 0 Å². The average molecular weight is 134 g/mol. The van der Waals surface area contributed by atoms with Gasteiger partial charge in [0.2, 0.25) is 0 Å². The summed E-state index contributed by atoms with van der Waals surface area (Å²) in [5.41, 5.74) is 0. The molecule has 3 atom stereocenters. The lowest BCUT2D eigenvalue weighted by Gasteiger charge is -2.27. The highest BCUT2D eigenvalue weighted by Crippen LogP contribution is 2.07. The SMILES string of the molecule is OC1COC[C@@H](O)C1O. The second-order valence-corrected chi connectivity index (χ2v) is 2.16. The molecule has 4 nitrogen and oxygen atoms in total. The van der Waals surface area contributed by atoms with Crippen LogP contribution < -0.4 is 0 Å². The number of hydrogen-bond acceptors (Lipinski definition) is 4. The lowest BCUT2D eigenvalue weighted by molar-refractivity contribution is -0.150. The predicted octanol–water partition coefficient (Wildman–Crippen LogP) is -1.90. The van der Waals surface area contributed by atoms with Crippen molar-refractivity contribution in [3.63, 3.8) is 0 Å². The van der Waals surface area contributed by atoms with Crippen LogP contribution in [0.5, 0.6) is 0 Å². The van der Waals surface area contributed by atoms with E-state index in [9.17, 15) is 0 Å². The molecule has 1 aliphatic rings. The van der Waals surface area contributed by atoms with E-state index in [0.717, 1.165) is 0 Å². The van der Waals surface area contributed by atoms with Crippen molar-refractivity contribution in [2.24, 2.45) is 0 Å². The Hall–Kier alpha value is -0.160. The molecule has 0 spiro atoms. The molecule has 3 N–H and O–H groups in total. The lowest BCUT2D eigenvalue weighted by atomic mass is 10.1. The zero-order valence-corrected chi connectivity index (χ0v) is 4.90. The molecular formula is C5H10O4. The van der Waals surface area contributed by atoms with Crippen molar-refractivity contribution in [2.75, 3.05) is 13.2 Å². The Morgan fingerprint density at radius 3 is 1.78 bits per heavy atom. The van der Waals surface area contributed by atoms with Crippen molar-refractivity contribution in [1.82, 2.24) is 0 Å². The minimum atomic E-state index is -1.04. The van der Waals surface area contributed by atoms with Gasteiger partial charge in [-0.15, -0.1) is 0 Å². The van der Waals surface area contributed by atoms with E-state index in [0.29, 0.717) is 0 Å². The topological polar surface area (TPSA) is 69.9 Å². The summed E-state index contributed by atoms with van der Waals surface area (Å²) in [6.07, 6.45) is -2.92. The zero-order valence-electron chi connectivity index (χ0n) is 4.90. The van der Waals surface area contributed by atoms with E-state index < -0.39 is 18.3 Å². The minimum absolute atomic E-state index is 0.109. The van der Waals surface area contributed by atoms with Crippen LogP contribution in [-0.2, 0) is 4.74 Å². The highest BCUT2D eigenvalue weighted by Gasteiger charge is 2.29. The van der Waals surface area contributed by atoms with E-state index in [4.69, 9.17) is 20.1 Å². The Kier molecular flexibility index (Phi) is 2.02.